The van der Waals surface area contributed by atoms with Gasteiger partial charge in [-0.15, -0.1) is 0 Å². The van der Waals surface area contributed by atoms with Crippen LogP contribution in [0.5, 0.6) is 5.75 Å². The molecule has 2 aromatic heterocycles. The van der Waals surface area contributed by atoms with E-state index in [-0.39, 0.29) is 12.4 Å². The van der Waals surface area contributed by atoms with Crippen LogP contribution in [0, 0.1) is 25.2 Å². The number of benzene rings is 1. The lowest BCUT2D eigenvalue weighted by Crippen LogP contribution is -2.17. The minimum atomic E-state index is -0.421. The summed E-state index contributed by atoms with van der Waals surface area (Å²) < 4.78 is 8.70. The van der Waals surface area contributed by atoms with Gasteiger partial charge in [0.1, 0.15) is 23.2 Å². The molecule has 0 aliphatic rings. The van der Waals surface area contributed by atoms with Crippen molar-refractivity contribution in [2.45, 2.75) is 20.6 Å². The SMILES string of the molecule is Cc1ccc(OCn2ccc(C(=O)Nc3c(C#N)cnn3C)n2)c(C)c1. The van der Waals surface area contributed by atoms with E-state index in [4.69, 9.17) is 10.00 Å². The fourth-order valence-corrected chi connectivity index (χ4v) is 2.49. The molecule has 2 heterocycles. The molecular formula is C18H18N6O2. The van der Waals surface area contributed by atoms with E-state index in [1.807, 2.05) is 38.1 Å². The van der Waals surface area contributed by atoms with Crippen molar-refractivity contribution in [2.75, 3.05) is 5.32 Å². The highest BCUT2D eigenvalue weighted by Crippen LogP contribution is 2.19. The molecule has 0 aliphatic heterocycles. The number of hydrogen-bond donors (Lipinski definition) is 1. The van der Waals surface area contributed by atoms with Gasteiger partial charge < -0.3 is 10.1 Å². The van der Waals surface area contributed by atoms with Crippen LogP contribution in [0.1, 0.15) is 27.2 Å². The second-order valence-corrected chi connectivity index (χ2v) is 5.88. The quantitative estimate of drug-likeness (QED) is 0.762. The van der Waals surface area contributed by atoms with Gasteiger partial charge in [0.25, 0.3) is 5.91 Å². The Morgan fingerprint density at radius 3 is 2.88 bits per heavy atom. The number of hydrogen-bond acceptors (Lipinski definition) is 5. The molecule has 0 bridgehead atoms. The van der Waals surface area contributed by atoms with Crippen molar-refractivity contribution in [3.63, 3.8) is 0 Å². The van der Waals surface area contributed by atoms with E-state index in [2.05, 4.69) is 15.5 Å². The number of nitriles is 1. The second kappa shape index (κ2) is 7.11. The molecule has 0 radical (unpaired) electrons. The molecule has 3 aromatic rings. The number of ether oxygens (including phenoxy) is 1. The summed E-state index contributed by atoms with van der Waals surface area (Å²) in [5.41, 5.74) is 2.72. The molecule has 0 aliphatic carbocycles. The predicted octanol–water partition coefficient (Wildman–Crippen LogP) is 2.39. The molecule has 0 unspecified atom stereocenters. The molecule has 0 saturated carbocycles. The van der Waals surface area contributed by atoms with Crippen molar-refractivity contribution in [3.8, 4) is 11.8 Å². The van der Waals surface area contributed by atoms with Gasteiger partial charge in [0.05, 0.1) is 6.20 Å². The van der Waals surface area contributed by atoms with Gasteiger partial charge in [-0.05, 0) is 31.5 Å². The maximum Gasteiger partial charge on any atom is 0.277 e. The fraction of sp³-hybridized carbons (Fsp3) is 0.222. The van der Waals surface area contributed by atoms with Crippen molar-refractivity contribution in [3.05, 3.63) is 59.0 Å². The van der Waals surface area contributed by atoms with Crippen LogP contribution in [0.25, 0.3) is 0 Å². The number of anilines is 1. The first kappa shape index (κ1) is 17.2. The van der Waals surface area contributed by atoms with Crippen molar-refractivity contribution in [1.29, 1.82) is 5.26 Å². The van der Waals surface area contributed by atoms with Gasteiger partial charge in [0.15, 0.2) is 12.4 Å². The zero-order valence-electron chi connectivity index (χ0n) is 14.7. The zero-order valence-corrected chi connectivity index (χ0v) is 14.7. The number of nitrogens with zero attached hydrogens (tertiary/aromatic N) is 5. The van der Waals surface area contributed by atoms with Gasteiger partial charge in [-0.2, -0.15) is 15.5 Å². The van der Waals surface area contributed by atoms with Crippen molar-refractivity contribution >= 4 is 11.7 Å². The maximum absolute atomic E-state index is 12.3. The number of amides is 1. The monoisotopic (exact) mass is 350 g/mol. The maximum atomic E-state index is 12.3. The Bertz CT molecular complexity index is 996. The minimum Gasteiger partial charge on any atom is -0.471 e. The summed E-state index contributed by atoms with van der Waals surface area (Å²) in [5.74, 6) is 0.680. The van der Waals surface area contributed by atoms with Crippen LogP contribution >= 0.6 is 0 Å². The molecule has 0 saturated heterocycles. The largest absolute Gasteiger partial charge is 0.471 e. The molecule has 1 N–H and O–H groups in total. The van der Waals surface area contributed by atoms with E-state index >= 15 is 0 Å². The number of aromatic nitrogens is 4. The van der Waals surface area contributed by atoms with Crippen LogP contribution in [0.3, 0.4) is 0 Å². The smallest absolute Gasteiger partial charge is 0.277 e. The van der Waals surface area contributed by atoms with Crippen LogP contribution in [0.15, 0.2) is 36.7 Å². The molecule has 0 spiro atoms. The van der Waals surface area contributed by atoms with Crippen LogP contribution in [-0.4, -0.2) is 25.5 Å². The number of carbonyl (C=O) groups excluding carboxylic acids is 1. The van der Waals surface area contributed by atoms with E-state index < -0.39 is 5.91 Å². The minimum absolute atomic E-state index is 0.187. The highest BCUT2D eigenvalue weighted by molar-refractivity contribution is 6.02. The molecule has 8 heteroatoms. The van der Waals surface area contributed by atoms with Gasteiger partial charge in [-0.25, -0.2) is 4.68 Å². The number of nitrogens with one attached hydrogen (secondary N) is 1. The Kier molecular flexibility index (Phi) is 4.71. The van der Waals surface area contributed by atoms with Crippen molar-refractivity contribution < 1.29 is 9.53 Å². The lowest BCUT2D eigenvalue weighted by Gasteiger charge is -2.09. The molecular weight excluding hydrogens is 332 g/mol. The van der Waals surface area contributed by atoms with Crippen LogP contribution in [0.2, 0.25) is 0 Å². The molecule has 132 valence electrons. The van der Waals surface area contributed by atoms with Gasteiger partial charge in [-0.3, -0.25) is 9.48 Å². The molecule has 3 rings (SSSR count). The summed E-state index contributed by atoms with van der Waals surface area (Å²) in [6, 6.07) is 9.50. The average molecular weight is 350 g/mol. The summed E-state index contributed by atoms with van der Waals surface area (Å²) >= 11 is 0. The predicted molar refractivity (Wildman–Crippen MR) is 94.6 cm³/mol. The van der Waals surface area contributed by atoms with Gasteiger partial charge in [0, 0.05) is 13.2 Å². The van der Waals surface area contributed by atoms with E-state index in [0.717, 1.165) is 11.3 Å². The molecule has 8 nitrogen and oxygen atoms in total. The average Bonchev–Trinajstić information content (AvgIpc) is 3.22. The third kappa shape index (κ3) is 3.57. The van der Waals surface area contributed by atoms with Gasteiger partial charge in [0.2, 0.25) is 0 Å². The number of aryl methyl sites for hydroxylation is 3. The van der Waals surface area contributed by atoms with E-state index in [1.54, 1.807) is 19.3 Å². The molecule has 0 atom stereocenters. The first-order valence-electron chi connectivity index (χ1n) is 7.95. The number of carbonyl (C=O) groups is 1. The molecule has 0 fully saturated rings. The summed E-state index contributed by atoms with van der Waals surface area (Å²) in [7, 11) is 1.65. The Balaban J connectivity index is 1.66. The molecule has 1 aromatic carbocycles. The van der Waals surface area contributed by atoms with Crippen LogP contribution in [-0.2, 0) is 13.8 Å². The standard InChI is InChI=1S/C18H18N6O2/c1-12-4-5-16(13(2)8-12)26-11-24-7-6-15(22-24)18(25)21-17-14(9-19)10-20-23(17)3/h4-8,10H,11H2,1-3H3,(H,21,25). The fourth-order valence-electron chi connectivity index (χ4n) is 2.49. The van der Waals surface area contributed by atoms with E-state index in [1.165, 1.54) is 21.1 Å². The summed E-state index contributed by atoms with van der Waals surface area (Å²) in [4.78, 5) is 12.3. The van der Waals surface area contributed by atoms with Crippen LogP contribution in [0.4, 0.5) is 5.82 Å². The molecule has 26 heavy (non-hydrogen) atoms. The van der Waals surface area contributed by atoms with Crippen molar-refractivity contribution in [1.82, 2.24) is 19.6 Å². The number of rotatable bonds is 5. The highest BCUT2D eigenvalue weighted by atomic mass is 16.5. The summed E-state index contributed by atoms with van der Waals surface area (Å²) in [6.07, 6.45) is 3.05. The Morgan fingerprint density at radius 1 is 1.35 bits per heavy atom. The third-order valence-corrected chi connectivity index (χ3v) is 3.85. The van der Waals surface area contributed by atoms with Crippen LogP contribution < -0.4 is 10.1 Å². The van der Waals surface area contributed by atoms with Gasteiger partial charge in [-0.1, -0.05) is 17.7 Å². The normalized spacial score (nSPS) is 10.4. The second-order valence-electron chi connectivity index (χ2n) is 5.88. The summed E-state index contributed by atoms with van der Waals surface area (Å²) in [5, 5.41) is 19.9. The van der Waals surface area contributed by atoms with E-state index in [0.29, 0.717) is 11.4 Å². The first-order valence-corrected chi connectivity index (χ1v) is 7.95. The lowest BCUT2D eigenvalue weighted by molar-refractivity contribution is 0.101. The first-order chi connectivity index (χ1) is 12.5. The summed E-state index contributed by atoms with van der Waals surface area (Å²) in [6.45, 7) is 4.19. The topological polar surface area (TPSA) is 97.8 Å². The third-order valence-electron chi connectivity index (χ3n) is 3.85. The van der Waals surface area contributed by atoms with Crippen molar-refractivity contribution in [2.24, 2.45) is 7.05 Å². The van der Waals surface area contributed by atoms with Gasteiger partial charge >= 0.3 is 0 Å². The molecule has 1 amide bonds. The Morgan fingerprint density at radius 2 is 2.15 bits per heavy atom. The lowest BCUT2D eigenvalue weighted by atomic mass is 10.1. The van der Waals surface area contributed by atoms with E-state index in [9.17, 15) is 4.79 Å². The Labute approximate surface area is 150 Å². The highest BCUT2D eigenvalue weighted by Gasteiger charge is 2.15. The zero-order chi connectivity index (χ0) is 18.7. The Hall–Kier alpha value is -3.60.